The first-order chi connectivity index (χ1) is 17.8. The van der Waals surface area contributed by atoms with Gasteiger partial charge < -0.3 is 9.64 Å². The second-order valence-electron chi connectivity index (χ2n) is 10.2. The highest BCUT2D eigenvalue weighted by Gasteiger charge is 2.29. The Kier molecular flexibility index (Phi) is 9.48. The Morgan fingerprint density at radius 3 is 2.62 bits per heavy atom. The molecule has 1 aliphatic rings. The molecule has 4 rings (SSSR count). The molecule has 8 heteroatoms. The van der Waals surface area contributed by atoms with Crippen molar-refractivity contribution in [3.8, 4) is 5.69 Å². The summed E-state index contributed by atoms with van der Waals surface area (Å²) in [4.78, 5) is 36.1. The van der Waals surface area contributed by atoms with Crippen LogP contribution in [-0.4, -0.2) is 45.3 Å². The van der Waals surface area contributed by atoms with Crippen molar-refractivity contribution < 1.29 is 9.53 Å². The van der Waals surface area contributed by atoms with Gasteiger partial charge in [0.2, 0.25) is 5.91 Å². The van der Waals surface area contributed by atoms with E-state index in [1.165, 1.54) is 11.8 Å². The number of aryl methyl sites for hydroxylation is 1. The van der Waals surface area contributed by atoms with Crippen molar-refractivity contribution in [1.82, 2.24) is 14.5 Å². The van der Waals surface area contributed by atoms with Crippen molar-refractivity contribution in [2.24, 2.45) is 5.92 Å². The van der Waals surface area contributed by atoms with Gasteiger partial charge in [-0.2, -0.15) is 0 Å². The monoisotopic (exact) mass is 541 g/mol. The van der Waals surface area contributed by atoms with Crippen molar-refractivity contribution in [3.63, 3.8) is 0 Å². The second-order valence-corrected chi connectivity index (χ2v) is 12.3. The van der Waals surface area contributed by atoms with Gasteiger partial charge in [-0.05, 0) is 48.9 Å². The van der Waals surface area contributed by atoms with Gasteiger partial charge in [0, 0.05) is 24.4 Å². The molecule has 1 atom stereocenters. The first-order valence-electron chi connectivity index (χ1n) is 13.5. The summed E-state index contributed by atoms with van der Waals surface area (Å²) in [7, 11) is 0. The standard InChI is InChI=1S/C29H39N3O3S2/c1-6-8-13-31(14-9-7-2)25(33)18-36-29-30-27-26(22-16-23(19(3)4)35-17-24(22)37-27)28(34)32(29)21-12-10-11-20(5)15-21/h10-12,15,19,23H,6-9,13-14,16-18H2,1-5H3/t23-/m1/s1. The highest BCUT2D eigenvalue weighted by molar-refractivity contribution is 7.99. The molecule has 3 heterocycles. The van der Waals surface area contributed by atoms with Gasteiger partial charge in [-0.15, -0.1) is 11.3 Å². The molecule has 1 aliphatic heterocycles. The molecule has 37 heavy (non-hydrogen) atoms. The SMILES string of the molecule is CCCCN(CCCC)C(=O)CSc1nc2sc3c(c2c(=O)n1-c1cccc(C)c1)C[C@H](C(C)C)OC3. The van der Waals surface area contributed by atoms with Crippen LogP contribution in [0.2, 0.25) is 0 Å². The summed E-state index contributed by atoms with van der Waals surface area (Å²) in [5.41, 5.74) is 2.89. The first-order valence-corrected chi connectivity index (χ1v) is 15.3. The van der Waals surface area contributed by atoms with Gasteiger partial charge in [-0.1, -0.05) is 64.4 Å². The van der Waals surface area contributed by atoms with E-state index in [0.29, 0.717) is 23.1 Å². The van der Waals surface area contributed by atoms with E-state index in [1.807, 2.05) is 36.1 Å². The predicted octanol–water partition coefficient (Wildman–Crippen LogP) is 6.37. The number of hydrogen-bond acceptors (Lipinski definition) is 6. The van der Waals surface area contributed by atoms with Gasteiger partial charge in [-0.25, -0.2) is 4.98 Å². The Morgan fingerprint density at radius 2 is 1.97 bits per heavy atom. The van der Waals surface area contributed by atoms with E-state index in [9.17, 15) is 9.59 Å². The van der Waals surface area contributed by atoms with Gasteiger partial charge in [0.25, 0.3) is 5.56 Å². The Labute approximate surface area is 228 Å². The number of nitrogens with zero attached hydrogens (tertiary/aromatic N) is 3. The van der Waals surface area contributed by atoms with Crippen LogP contribution < -0.4 is 5.56 Å². The molecule has 2 aromatic heterocycles. The number of fused-ring (bicyclic) bond motifs is 3. The molecule has 6 nitrogen and oxygen atoms in total. The fourth-order valence-electron chi connectivity index (χ4n) is 4.70. The minimum Gasteiger partial charge on any atom is -0.372 e. The van der Waals surface area contributed by atoms with Crippen LogP contribution in [0.1, 0.15) is 69.4 Å². The number of hydrogen-bond donors (Lipinski definition) is 0. The number of rotatable bonds is 11. The first kappa shape index (κ1) is 27.9. The summed E-state index contributed by atoms with van der Waals surface area (Å²) in [6, 6.07) is 7.94. The van der Waals surface area contributed by atoms with E-state index in [-0.39, 0.29) is 23.3 Å². The zero-order valence-electron chi connectivity index (χ0n) is 22.7. The molecule has 0 saturated carbocycles. The van der Waals surface area contributed by atoms with E-state index in [2.05, 4.69) is 27.7 Å². The third-order valence-electron chi connectivity index (χ3n) is 6.96. The van der Waals surface area contributed by atoms with Crippen LogP contribution in [0.25, 0.3) is 15.9 Å². The van der Waals surface area contributed by atoms with Crippen LogP contribution in [0.5, 0.6) is 0 Å². The van der Waals surface area contributed by atoms with Crippen LogP contribution in [0.3, 0.4) is 0 Å². The van der Waals surface area contributed by atoms with Crippen molar-refractivity contribution in [1.29, 1.82) is 0 Å². The number of carbonyl (C=O) groups is 1. The quantitative estimate of drug-likeness (QED) is 0.208. The molecule has 200 valence electrons. The number of aromatic nitrogens is 2. The molecule has 0 spiro atoms. The Balaban J connectivity index is 1.74. The van der Waals surface area contributed by atoms with E-state index in [4.69, 9.17) is 9.72 Å². The number of amides is 1. The molecule has 0 radical (unpaired) electrons. The third-order valence-corrected chi connectivity index (χ3v) is 8.98. The topological polar surface area (TPSA) is 64.4 Å². The van der Waals surface area contributed by atoms with Crippen LogP contribution in [0.4, 0.5) is 0 Å². The molecule has 1 aromatic carbocycles. The summed E-state index contributed by atoms with van der Waals surface area (Å²) < 4.78 is 7.80. The molecule has 0 unspecified atom stereocenters. The Bertz CT molecular complexity index is 1290. The van der Waals surface area contributed by atoms with Crippen molar-refractivity contribution in [2.45, 2.75) is 84.6 Å². The molecule has 1 amide bonds. The van der Waals surface area contributed by atoms with Gasteiger partial charge >= 0.3 is 0 Å². The number of ether oxygens (including phenoxy) is 1. The average molecular weight is 542 g/mol. The highest BCUT2D eigenvalue weighted by Crippen LogP contribution is 2.36. The maximum Gasteiger partial charge on any atom is 0.267 e. The lowest BCUT2D eigenvalue weighted by Crippen LogP contribution is -2.34. The number of carbonyl (C=O) groups excluding carboxylic acids is 1. The maximum atomic E-state index is 14.1. The summed E-state index contributed by atoms with van der Waals surface area (Å²) in [6.07, 6.45) is 4.93. The lowest BCUT2D eigenvalue weighted by molar-refractivity contribution is -0.128. The highest BCUT2D eigenvalue weighted by atomic mass is 32.2. The van der Waals surface area contributed by atoms with Crippen LogP contribution in [0.15, 0.2) is 34.2 Å². The molecule has 0 fully saturated rings. The smallest absolute Gasteiger partial charge is 0.267 e. The van der Waals surface area contributed by atoms with Gasteiger partial charge in [0.1, 0.15) is 4.83 Å². The fraction of sp³-hybridized carbons (Fsp3) is 0.552. The molecule has 0 bridgehead atoms. The normalized spacial score (nSPS) is 15.4. The zero-order valence-corrected chi connectivity index (χ0v) is 24.3. The van der Waals surface area contributed by atoms with Crippen LogP contribution >= 0.6 is 23.1 Å². The molecular formula is C29H39N3O3S2. The van der Waals surface area contributed by atoms with E-state index >= 15 is 0 Å². The molecule has 0 aliphatic carbocycles. The summed E-state index contributed by atoms with van der Waals surface area (Å²) in [5.74, 6) is 0.746. The lowest BCUT2D eigenvalue weighted by Gasteiger charge is -2.26. The Morgan fingerprint density at radius 1 is 1.24 bits per heavy atom. The fourth-order valence-corrected chi connectivity index (χ4v) is 6.78. The number of thioether (sulfide) groups is 1. The summed E-state index contributed by atoms with van der Waals surface area (Å²) in [5, 5.41) is 1.28. The summed E-state index contributed by atoms with van der Waals surface area (Å²) >= 11 is 2.92. The molecule has 0 N–H and O–H groups in total. The van der Waals surface area contributed by atoms with E-state index < -0.39 is 0 Å². The van der Waals surface area contributed by atoms with Crippen LogP contribution in [0, 0.1) is 12.8 Å². The molecular weight excluding hydrogens is 502 g/mol. The van der Waals surface area contributed by atoms with Gasteiger partial charge in [0.15, 0.2) is 5.16 Å². The largest absolute Gasteiger partial charge is 0.372 e. The van der Waals surface area contributed by atoms with E-state index in [1.54, 1.807) is 15.9 Å². The number of benzene rings is 1. The lowest BCUT2D eigenvalue weighted by atomic mass is 9.96. The Hall–Kier alpha value is -2.16. The van der Waals surface area contributed by atoms with Crippen molar-refractivity contribution in [2.75, 3.05) is 18.8 Å². The molecule has 3 aromatic rings. The zero-order chi connectivity index (χ0) is 26.5. The maximum absolute atomic E-state index is 14.1. The van der Waals surface area contributed by atoms with Crippen molar-refractivity contribution in [3.05, 3.63) is 50.6 Å². The van der Waals surface area contributed by atoms with Crippen molar-refractivity contribution >= 4 is 39.2 Å². The van der Waals surface area contributed by atoms with Gasteiger partial charge in [-0.3, -0.25) is 14.2 Å². The minimum atomic E-state index is -0.0544. The van der Waals surface area contributed by atoms with Crippen LogP contribution in [-0.2, 0) is 22.6 Å². The molecule has 0 saturated heterocycles. The van der Waals surface area contributed by atoms with E-state index in [0.717, 1.165) is 71.7 Å². The minimum absolute atomic E-state index is 0.0544. The number of thiophene rings is 1. The third kappa shape index (κ3) is 6.29. The average Bonchev–Trinajstić information content (AvgIpc) is 3.25. The van der Waals surface area contributed by atoms with Gasteiger partial charge in [0.05, 0.1) is 29.5 Å². The number of unbranched alkanes of at least 4 members (excludes halogenated alkanes) is 2. The predicted molar refractivity (Wildman–Crippen MR) is 154 cm³/mol. The summed E-state index contributed by atoms with van der Waals surface area (Å²) in [6.45, 7) is 12.7. The second kappa shape index (κ2) is 12.6.